The minimum absolute atomic E-state index is 0.415. The third-order valence-electron chi connectivity index (χ3n) is 2.99. The molecule has 0 amide bonds. The zero-order valence-corrected chi connectivity index (χ0v) is 12.4. The van der Waals surface area contributed by atoms with Crippen molar-refractivity contribution in [2.75, 3.05) is 0 Å². The van der Waals surface area contributed by atoms with E-state index in [-0.39, 0.29) is 0 Å². The van der Waals surface area contributed by atoms with Crippen LogP contribution >= 0.6 is 11.6 Å². The number of hydrogen-bond donors (Lipinski definition) is 1. The molecule has 0 saturated heterocycles. The lowest BCUT2D eigenvalue weighted by Gasteiger charge is -2.12. The number of imidazole rings is 1. The maximum absolute atomic E-state index is 8.84. The van der Waals surface area contributed by atoms with Crippen LogP contribution in [0.1, 0.15) is 30.8 Å². The summed E-state index contributed by atoms with van der Waals surface area (Å²) in [6, 6.07) is 7.87. The van der Waals surface area contributed by atoms with Gasteiger partial charge in [0.15, 0.2) is 0 Å². The fraction of sp³-hybridized carbons (Fsp3) is 0.333. The van der Waals surface area contributed by atoms with Crippen LogP contribution < -0.4 is 5.32 Å². The molecule has 2 aromatic rings. The van der Waals surface area contributed by atoms with Crippen molar-refractivity contribution in [2.24, 2.45) is 0 Å². The molecule has 104 valence electrons. The molecule has 0 radical (unpaired) electrons. The molecule has 0 fully saturated rings. The average Bonchev–Trinajstić information content (AvgIpc) is 2.86. The Bertz CT molecular complexity index is 625. The van der Waals surface area contributed by atoms with Crippen molar-refractivity contribution in [2.45, 2.75) is 33.0 Å². The van der Waals surface area contributed by atoms with Gasteiger partial charge in [0, 0.05) is 23.5 Å². The summed E-state index contributed by atoms with van der Waals surface area (Å²) in [5.41, 5.74) is 1.56. The predicted molar refractivity (Wildman–Crippen MR) is 79.5 cm³/mol. The SMILES string of the molecule is CC(C)NCc1nccn1Cc1ccc(C#N)cc1Cl. The summed E-state index contributed by atoms with van der Waals surface area (Å²) in [5, 5.41) is 12.8. The topological polar surface area (TPSA) is 53.6 Å². The Balaban J connectivity index is 2.14. The normalized spacial score (nSPS) is 10.8. The van der Waals surface area contributed by atoms with Crippen LogP contribution in [-0.4, -0.2) is 15.6 Å². The van der Waals surface area contributed by atoms with Gasteiger partial charge in [-0.3, -0.25) is 0 Å². The number of rotatable bonds is 5. The number of aromatic nitrogens is 2. The highest BCUT2D eigenvalue weighted by Crippen LogP contribution is 2.19. The van der Waals surface area contributed by atoms with Crippen LogP contribution in [-0.2, 0) is 13.1 Å². The quantitative estimate of drug-likeness (QED) is 0.920. The van der Waals surface area contributed by atoms with E-state index in [0.29, 0.717) is 23.2 Å². The molecule has 0 atom stereocenters. The maximum Gasteiger partial charge on any atom is 0.122 e. The molecular formula is C15H17ClN4. The van der Waals surface area contributed by atoms with Crippen LogP contribution in [0.15, 0.2) is 30.6 Å². The van der Waals surface area contributed by atoms with E-state index in [0.717, 1.165) is 17.9 Å². The van der Waals surface area contributed by atoms with E-state index in [2.05, 4.69) is 34.8 Å². The summed E-state index contributed by atoms with van der Waals surface area (Å²) in [6.45, 7) is 5.58. The van der Waals surface area contributed by atoms with Gasteiger partial charge in [0.05, 0.1) is 24.7 Å². The summed E-state index contributed by atoms with van der Waals surface area (Å²) < 4.78 is 2.06. The predicted octanol–water partition coefficient (Wildman–Crippen LogP) is 2.95. The van der Waals surface area contributed by atoms with Crippen molar-refractivity contribution in [3.63, 3.8) is 0 Å². The van der Waals surface area contributed by atoms with Gasteiger partial charge < -0.3 is 9.88 Å². The molecule has 2 rings (SSSR count). The largest absolute Gasteiger partial charge is 0.329 e. The van der Waals surface area contributed by atoms with E-state index in [1.54, 1.807) is 18.3 Å². The number of hydrogen-bond acceptors (Lipinski definition) is 3. The van der Waals surface area contributed by atoms with Crippen molar-refractivity contribution in [1.82, 2.24) is 14.9 Å². The Morgan fingerprint density at radius 2 is 2.25 bits per heavy atom. The van der Waals surface area contributed by atoms with Crippen LogP contribution in [0, 0.1) is 11.3 Å². The van der Waals surface area contributed by atoms with Gasteiger partial charge in [0.25, 0.3) is 0 Å². The van der Waals surface area contributed by atoms with Gasteiger partial charge in [-0.15, -0.1) is 0 Å². The Labute approximate surface area is 124 Å². The summed E-state index contributed by atoms with van der Waals surface area (Å²) in [6.07, 6.45) is 3.72. The van der Waals surface area contributed by atoms with E-state index in [9.17, 15) is 0 Å². The van der Waals surface area contributed by atoms with Gasteiger partial charge in [-0.05, 0) is 17.7 Å². The minimum Gasteiger partial charge on any atom is -0.329 e. The summed E-state index contributed by atoms with van der Waals surface area (Å²) in [7, 11) is 0. The van der Waals surface area contributed by atoms with Crippen molar-refractivity contribution < 1.29 is 0 Å². The molecule has 1 aromatic heterocycles. The van der Waals surface area contributed by atoms with Gasteiger partial charge >= 0.3 is 0 Å². The summed E-state index contributed by atoms with van der Waals surface area (Å²) in [4.78, 5) is 4.35. The first-order chi connectivity index (χ1) is 9.60. The third kappa shape index (κ3) is 3.60. The highest BCUT2D eigenvalue weighted by atomic mass is 35.5. The first-order valence-electron chi connectivity index (χ1n) is 6.52. The molecule has 4 nitrogen and oxygen atoms in total. The zero-order valence-electron chi connectivity index (χ0n) is 11.6. The van der Waals surface area contributed by atoms with Gasteiger partial charge in [-0.25, -0.2) is 4.98 Å². The number of nitrogens with one attached hydrogen (secondary N) is 1. The molecule has 1 N–H and O–H groups in total. The van der Waals surface area contributed by atoms with Crippen LogP contribution in [0.25, 0.3) is 0 Å². The van der Waals surface area contributed by atoms with E-state index in [1.165, 1.54) is 0 Å². The second-order valence-corrected chi connectivity index (χ2v) is 5.33. The highest BCUT2D eigenvalue weighted by Gasteiger charge is 2.07. The molecule has 0 aliphatic carbocycles. The Morgan fingerprint density at radius 1 is 1.45 bits per heavy atom. The fourth-order valence-electron chi connectivity index (χ4n) is 1.88. The number of benzene rings is 1. The summed E-state index contributed by atoms with van der Waals surface area (Å²) >= 11 is 6.20. The minimum atomic E-state index is 0.415. The Hall–Kier alpha value is -1.83. The molecule has 20 heavy (non-hydrogen) atoms. The third-order valence-corrected chi connectivity index (χ3v) is 3.34. The van der Waals surface area contributed by atoms with Crippen LogP contribution in [0.4, 0.5) is 0 Å². The number of nitrogens with zero attached hydrogens (tertiary/aromatic N) is 3. The lowest BCUT2D eigenvalue weighted by Crippen LogP contribution is -2.24. The van der Waals surface area contributed by atoms with E-state index < -0.39 is 0 Å². The Kier molecular flexibility index (Phi) is 4.78. The fourth-order valence-corrected chi connectivity index (χ4v) is 2.12. The lowest BCUT2D eigenvalue weighted by atomic mass is 10.1. The molecule has 0 unspecified atom stereocenters. The molecule has 1 heterocycles. The monoisotopic (exact) mass is 288 g/mol. The molecule has 0 saturated carbocycles. The van der Waals surface area contributed by atoms with E-state index >= 15 is 0 Å². The van der Waals surface area contributed by atoms with Crippen LogP contribution in [0.2, 0.25) is 5.02 Å². The second-order valence-electron chi connectivity index (χ2n) is 4.92. The average molecular weight is 289 g/mol. The first kappa shape index (κ1) is 14.6. The second kappa shape index (κ2) is 6.56. The van der Waals surface area contributed by atoms with Gasteiger partial charge in [0.1, 0.15) is 5.82 Å². The highest BCUT2D eigenvalue weighted by molar-refractivity contribution is 6.31. The molecule has 0 bridgehead atoms. The standard InChI is InChI=1S/C15H17ClN4/c1-11(2)19-9-15-18-5-6-20(15)10-13-4-3-12(8-17)7-14(13)16/h3-7,11,19H,9-10H2,1-2H3. The molecule has 0 spiro atoms. The van der Waals surface area contributed by atoms with Gasteiger partial charge in [0.2, 0.25) is 0 Å². The smallest absolute Gasteiger partial charge is 0.122 e. The summed E-state index contributed by atoms with van der Waals surface area (Å²) in [5.74, 6) is 0.971. The zero-order chi connectivity index (χ0) is 14.5. The molecule has 1 aromatic carbocycles. The number of nitriles is 1. The Morgan fingerprint density at radius 3 is 2.90 bits per heavy atom. The molecule has 0 aliphatic heterocycles. The van der Waals surface area contributed by atoms with Crippen molar-refractivity contribution in [3.8, 4) is 6.07 Å². The van der Waals surface area contributed by atoms with Crippen molar-refractivity contribution in [3.05, 3.63) is 52.6 Å². The van der Waals surface area contributed by atoms with Crippen molar-refractivity contribution in [1.29, 1.82) is 5.26 Å². The maximum atomic E-state index is 8.84. The molecule has 0 aliphatic rings. The first-order valence-corrected chi connectivity index (χ1v) is 6.90. The van der Waals surface area contributed by atoms with Gasteiger partial charge in [-0.2, -0.15) is 5.26 Å². The van der Waals surface area contributed by atoms with Crippen molar-refractivity contribution >= 4 is 11.6 Å². The van der Waals surface area contributed by atoms with Crippen LogP contribution in [0.3, 0.4) is 0 Å². The molecular weight excluding hydrogens is 272 g/mol. The molecule has 5 heteroatoms. The lowest BCUT2D eigenvalue weighted by molar-refractivity contribution is 0.554. The van der Waals surface area contributed by atoms with E-state index in [4.69, 9.17) is 16.9 Å². The number of halogens is 1. The van der Waals surface area contributed by atoms with E-state index in [1.807, 2.05) is 12.3 Å². The van der Waals surface area contributed by atoms with Gasteiger partial charge in [-0.1, -0.05) is 31.5 Å². The van der Waals surface area contributed by atoms with Crippen LogP contribution in [0.5, 0.6) is 0 Å².